The second-order valence-electron chi connectivity index (χ2n) is 19.1. The molecule has 4 N–H and O–H groups in total. The highest BCUT2D eigenvalue weighted by Crippen LogP contribution is 2.18. The summed E-state index contributed by atoms with van der Waals surface area (Å²) < 4.78 is 0. The maximum Gasteiger partial charge on any atom is 0.249 e. The molecule has 0 saturated carbocycles. The third-order valence-electron chi connectivity index (χ3n) is 13.0. The fraction of sp³-hybridized carbons (Fsp3) is 0.911. The third kappa shape index (κ3) is 46.6. The smallest absolute Gasteiger partial charge is 0.249 e. The van der Waals surface area contributed by atoms with Gasteiger partial charge in [0, 0.05) is 0 Å². The van der Waals surface area contributed by atoms with E-state index < -0.39 is 24.2 Å². The van der Waals surface area contributed by atoms with Crippen molar-refractivity contribution in [2.75, 3.05) is 6.61 Å². The van der Waals surface area contributed by atoms with Crippen LogP contribution in [0.5, 0.6) is 0 Å². The van der Waals surface area contributed by atoms with E-state index in [9.17, 15) is 20.1 Å². The Labute approximate surface area is 382 Å². The van der Waals surface area contributed by atoms with Gasteiger partial charge in [-0.25, -0.2) is 0 Å². The van der Waals surface area contributed by atoms with Crippen molar-refractivity contribution in [3.05, 3.63) is 24.3 Å². The quantitative estimate of drug-likeness (QED) is 0.0362. The van der Waals surface area contributed by atoms with Crippen molar-refractivity contribution in [2.24, 2.45) is 0 Å². The zero-order valence-electron chi connectivity index (χ0n) is 41.3. The van der Waals surface area contributed by atoms with Crippen molar-refractivity contribution in [2.45, 2.75) is 321 Å². The predicted molar refractivity (Wildman–Crippen MR) is 268 cm³/mol. The van der Waals surface area contributed by atoms with E-state index in [1.165, 1.54) is 244 Å². The van der Waals surface area contributed by atoms with Gasteiger partial charge < -0.3 is 20.6 Å². The number of allylic oxidation sites excluding steroid dienone is 3. The van der Waals surface area contributed by atoms with E-state index in [1.807, 2.05) is 6.08 Å². The molecule has 61 heavy (non-hydrogen) atoms. The summed E-state index contributed by atoms with van der Waals surface area (Å²) in [7, 11) is 0. The van der Waals surface area contributed by atoms with Gasteiger partial charge in [0.25, 0.3) is 0 Å². The number of hydrogen-bond donors (Lipinski definition) is 4. The van der Waals surface area contributed by atoms with Crippen LogP contribution in [0.3, 0.4) is 0 Å². The Morgan fingerprint density at radius 3 is 1.00 bits per heavy atom. The average Bonchev–Trinajstić information content (AvgIpc) is 3.26. The fourth-order valence-corrected chi connectivity index (χ4v) is 8.73. The lowest BCUT2D eigenvalue weighted by Gasteiger charge is -2.21. The molecular weight excluding hydrogens is 751 g/mol. The van der Waals surface area contributed by atoms with Crippen molar-refractivity contribution in [3.63, 3.8) is 0 Å². The summed E-state index contributed by atoms with van der Waals surface area (Å²) >= 11 is 0. The molecule has 5 heteroatoms. The number of amides is 1. The molecule has 0 spiro atoms. The van der Waals surface area contributed by atoms with Gasteiger partial charge in [0.15, 0.2) is 0 Å². The first-order valence-electron chi connectivity index (χ1n) is 27.7. The molecule has 0 aliphatic rings. The van der Waals surface area contributed by atoms with Crippen LogP contribution < -0.4 is 5.32 Å². The Kier molecular flexibility index (Phi) is 50.5. The van der Waals surface area contributed by atoms with E-state index in [0.29, 0.717) is 6.42 Å². The van der Waals surface area contributed by atoms with Gasteiger partial charge in [0.2, 0.25) is 5.91 Å². The van der Waals surface area contributed by atoms with Crippen LogP contribution in [0.2, 0.25) is 0 Å². The zero-order chi connectivity index (χ0) is 44.4. The lowest BCUT2D eigenvalue weighted by Crippen LogP contribution is -2.48. The summed E-state index contributed by atoms with van der Waals surface area (Å²) in [5.41, 5.74) is 0. The van der Waals surface area contributed by atoms with Gasteiger partial charge in [-0.2, -0.15) is 0 Å². The molecule has 0 saturated heterocycles. The summed E-state index contributed by atoms with van der Waals surface area (Å²) in [6, 6.07) is -0.812. The summed E-state index contributed by atoms with van der Waals surface area (Å²) in [6.07, 6.45) is 65.4. The molecule has 1 amide bonds. The summed E-state index contributed by atoms with van der Waals surface area (Å²) in [5.74, 6) is -0.507. The number of carbonyl (C=O) groups is 1. The molecular formula is C56H109NO4. The molecule has 0 aromatic carbocycles. The molecule has 0 aromatic heterocycles. The lowest BCUT2D eigenvalue weighted by atomic mass is 10.0. The first-order valence-corrected chi connectivity index (χ1v) is 27.7. The highest BCUT2D eigenvalue weighted by molar-refractivity contribution is 5.80. The summed E-state index contributed by atoms with van der Waals surface area (Å²) in [4.78, 5) is 12.5. The molecule has 0 bridgehead atoms. The second kappa shape index (κ2) is 51.5. The van der Waals surface area contributed by atoms with Crippen LogP contribution in [0.25, 0.3) is 0 Å². The van der Waals surface area contributed by atoms with E-state index in [2.05, 4.69) is 31.3 Å². The fourth-order valence-electron chi connectivity index (χ4n) is 8.73. The molecule has 0 rings (SSSR count). The third-order valence-corrected chi connectivity index (χ3v) is 13.0. The van der Waals surface area contributed by atoms with Crippen LogP contribution in [0.4, 0.5) is 0 Å². The van der Waals surface area contributed by atoms with Crippen LogP contribution in [0.15, 0.2) is 24.3 Å². The predicted octanol–water partition coefficient (Wildman–Crippen LogP) is 16.9. The molecule has 0 aliphatic heterocycles. The monoisotopic (exact) mass is 860 g/mol. The highest BCUT2D eigenvalue weighted by atomic mass is 16.3. The van der Waals surface area contributed by atoms with Crippen molar-refractivity contribution in [1.29, 1.82) is 0 Å². The summed E-state index contributed by atoms with van der Waals surface area (Å²) in [6.45, 7) is 4.21. The van der Waals surface area contributed by atoms with Gasteiger partial charge in [-0.15, -0.1) is 0 Å². The Morgan fingerprint density at radius 1 is 0.393 bits per heavy atom. The number of hydrogen-bond acceptors (Lipinski definition) is 4. The van der Waals surface area contributed by atoms with Gasteiger partial charge in [-0.05, 0) is 32.1 Å². The minimum atomic E-state index is -1.10. The van der Waals surface area contributed by atoms with E-state index in [-0.39, 0.29) is 6.61 Å². The molecule has 3 unspecified atom stereocenters. The molecule has 0 radical (unpaired) electrons. The largest absolute Gasteiger partial charge is 0.394 e. The minimum Gasteiger partial charge on any atom is -0.394 e. The van der Waals surface area contributed by atoms with Crippen molar-refractivity contribution < 1.29 is 20.1 Å². The maximum atomic E-state index is 12.5. The lowest BCUT2D eigenvalue weighted by molar-refractivity contribution is -0.131. The topological polar surface area (TPSA) is 89.8 Å². The van der Waals surface area contributed by atoms with Gasteiger partial charge in [-0.1, -0.05) is 295 Å². The number of carbonyl (C=O) groups excluding carboxylic acids is 1. The SMILES string of the molecule is CCCCCCCCCCCCCCCCCCCCC/C=C/CC/C=C/C(O)C(CO)NC(=O)C(O)CCCCCCCCCCCCCCCCCCCCCCCC. The number of aliphatic hydroxyl groups excluding tert-OH is 3. The van der Waals surface area contributed by atoms with E-state index in [4.69, 9.17) is 0 Å². The van der Waals surface area contributed by atoms with Gasteiger partial charge >= 0.3 is 0 Å². The Balaban J connectivity index is 3.59. The Bertz CT molecular complexity index is 905. The molecule has 5 nitrogen and oxygen atoms in total. The number of nitrogens with one attached hydrogen (secondary N) is 1. The van der Waals surface area contributed by atoms with E-state index >= 15 is 0 Å². The van der Waals surface area contributed by atoms with E-state index in [0.717, 1.165) is 38.5 Å². The molecule has 0 heterocycles. The molecule has 0 aliphatic carbocycles. The summed E-state index contributed by atoms with van der Waals surface area (Å²) in [5, 5.41) is 33.3. The van der Waals surface area contributed by atoms with Crippen molar-refractivity contribution >= 4 is 5.91 Å². The number of aliphatic hydroxyl groups is 3. The molecule has 362 valence electrons. The van der Waals surface area contributed by atoms with Gasteiger partial charge in [0.1, 0.15) is 6.10 Å². The standard InChI is InChI=1S/C56H109NO4/c1-3-5-7-9-11-13-15-17-19-21-23-25-27-28-29-31-32-34-36-38-40-42-44-46-48-50-54(59)53(52-58)57-56(61)55(60)51-49-47-45-43-41-39-37-35-33-30-26-24-22-20-18-16-14-12-10-8-6-4-2/h40,42,48,50,53-55,58-60H,3-39,41,43-47,49,51-52H2,1-2H3,(H,57,61)/b42-40+,50-48+. The second-order valence-corrected chi connectivity index (χ2v) is 19.1. The van der Waals surface area contributed by atoms with Crippen LogP contribution in [0, 0.1) is 0 Å². The van der Waals surface area contributed by atoms with Crippen LogP contribution in [0.1, 0.15) is 303 Å². The normalized spacial score (nSPS) is 13.5. The average molecular weight is 860 g/mol. The zero-order valence-corrected chi connectivity index (χ0v) is 41.3. The van der Waals surface area contributed by atoms with E-state index in [1.54, 1.807) is 6.08 Å². The first-order chi connectivity index (χ1) is 30.1. The molecule has 0 fully saturated rings. The van der Waals surface area contributed by atoms with Gasteiger partial charge in [-0.3, -0.25) is 4.79 Å². The number of rotatable bonds is 51. The van der Waals surface area contributed by atoms with Crippen molar-refractivity contribution in [3.8, 4) is 0 Å². The van der Waals surface area contributed by atoms with Crippen LogP contribution >= 0.6 is 0 Å². The maximum absolute atomic E-state index is 12.5. The number of unbranched alkanes of at least 4 members (excludes halogenated alkanes) is 41. The first kappa shape index (κ1) is 59.8. The van der Waals surface area contributed by atoms with Crippen molar-refractivity contribution in [1.82, 2.24) is 5.32 Å². The van der Waals surface area contributed by atoms with Crippen LogP contribution in [-0.2, 0) is 4.79 Å². The minimum absolute atomic E-state index is 0.372. The molecule has 3 atom stereocenters. The Morgan fingerprint density at radius 2 is 0.672 bits per heavy atom. The van der Waals surface area contributed by atoms with Crippen LogP contribution in [-0.4, -0.2) is 46.1 Å². The Hall–Kier alpha value is -1.17. The highest BCUT2D eigenvalue weighted by Gasteiger charge is 2.22. The molecule has 0 aromatic rings. The van der Waals surface area contributed by atoms with Gasteiger partial charge in [0.05, 0.1) is 18.8 Å².